The Labute approximate surface area is 114 Å². The Kier molecular flexibility index (Phi) is 3.27. The van der Waals surface area contributed by atoms with Crippen LogP contribution in [0.1, 0.15) is 49.2 Å². The maximum atomic E-state index is 4.50. The molecular weight excluding hydrogens is 236 g/mol. The summed E-state index contributed by atoms with van der Waals surface area (Å²) in [6, 6.07) is 2.35. The number of hydrogen-bond donors (Lipinski definition) is 1. The van der Waals surface area contributed by atoms with Crippen LogP contribution in [0, 0.1) is 19.8 Å². The average molecular weight is 258 g/mol. The zero-order valence-corrected chi connectivity index (χ0v) is 12.0. The molecule has 2 aromatic rings. The van der Waals surface area contributed by atoms with Gasteiger partial charge in [-0.2, -0.15) is 5.10 Å². The number of fused-ring (bicyclic) bond motifs is 1. The van der Waals surface area contributed by atoms with Gasteiger partial charge in [0, 0.05) is 29.6 Å². The van der Waals surface area contributed by atoms with Crippen LogP contribution in [0.15, 0.2) is 12.3 Å². The molecule has 0 amide bonds. The van der Waals surface area contributed by atoms with Crippen LogP contribution in [-0.2, 0) is 0 Å². The second-order valence-corrected chi connectivity index (χ2v) is 5.76. The first-order chi connectivity index (χ1) is 9.15. The monoisotopic (exact) mass is 258 g/mol. The number of nitrogens with zero attached hydrogens (tertiary/aromatic N) is 3. The topological polar surface area (TPSA) is 42.2 Å². The Balaban J connectivity index is 1.76. The zero-order chi connectivity index (χ0) is 13.4. The summed E-state index contributed by atoms with van der Waals surface area (Å²) in [4.78, 5) is 4.50. The SMILES string of the molecule is Cc1cc2ncc(C(C)NCCC3CC3)c(C)n2n1. The molecule has 0 radical (unpaired) electrons. The van der Waals surface area contributed by atoms with Gasteiger partial charge in [-0.1, -0.05) is 12.8 Å². The average Bonchev–Trinajstić information content (AvgIpc) is 3.10. The molecule has 1 atom stereocenters. The fourth-order valence-electron chi connectivity index (χ4n) is 2.62. The van der Waals surface area contributed by atoms with Crippen molar-refractivity contribution in [2.75, 3.05) is 6.54 Å². The smallest absolute Gasteiger partial charge is 0.155 e. The third kappa shape index (κ3) is 2.63. The molecule has 0 bridgehead atoms. The lowest BCUT2D eigenvalue weighted by Crippen LogP contribution is -2.22. The molecule has 1 fully saturated rings. The van der Waals surface area contributed by atoms with Gasteiger partial charge in [-0.05, 0) is 39.7 Å². The van der Waals surface area contributed by atoms with E-state index in [-0.39, 0.29) is 0 Å². The third-order valence-electron chi connectivity index (χ3n) is 4.05. The largest absolute Gasteiger partial charge is 0.310 e. The van der Waals surface area contributed by atoms with E-state index in [4.69, 9.17) is 0 Å². The molecule has 0 spiro atoms. The fourth-order valence-corrected chi connectivity index (χ4v) is 2.62. The first-order valence-electron chi connectivity index (χ1n) is 7.20. The van der Waals surface area contributed by atoms with E-state index >= 15 is 0 Å². The van der Waals surface area contributed by atoms with Gasteiger partial charge in [0.15, 0.2) is 5.65 Å². The van der Waals surface area contributed by atoms with Crippen molar-refractivity contribution in [3.05, 3.63) is 29.2 Å². The predicted octanol–water partition coefficient (Wildman–Crippen LogP) is 2.80. The van der Waals surface area contributed by atoms with Crippen LogP contribution in [0.5, 0.6) is 0 Å². The molecule has 0 saturated heterocycles. The molecule has 1 unspecified atom stereocenters. The van der Waals surface area contributed by atoms with Gasteiger partial charge in [0.25, 0.3) is 0 Å². The fraction of sp³-hybridized carbons (Fsp3) is 0.600. The van der Waals surface area contributed by atoms with Crippen LogP contribution in [0.3, 0.4) is 0 Å². The van der Waals surface area contributed by atoms with Crippen LogP contribution in [0.2, 0.25) is 0 Å². The highest BCUT2D eigenvalue weighted by Crippen LogP contribution is 2.32. The van der Waals surface area contributed by atoms with Crippen molar-refractivity contribution in [1.29, 1.82) is 0 Å². The van der Waals surface area contributed by atoms with Gasteiger partial charge in [-0.3, -0.25) is 0 Å². The zero-order valence-electron chi connectivity index (χ0n) is 12.0. The summed E-state index contributed by atoms with van der Waals surface area (Å²) in [5.41, 5.74) is 4.38. The summed E-state index contributed by atoms with van der Waals surface area (Å²) in [6.45, 7) is 7.43. The molecule has 2 aromatic heterocycles. The van der Waals surface area contributed by atoms with E-state index < -0.39 is 0 Å². The Morgan fingerprint density at radius 2 is 2.21 bits per heavy atom. The molecule has 4 nitrogen and oxygen atoms in total. The lowest BCUT2D eigenvalue weighted by Gasteiger charge is -2.16. The van der Waals surface area contributed by atoms with Gasteiger partial charge in [0.2, 0.25) is 0 Å². The second kappa shape index (κ2) is 4.93. The summed E-state index contributed by atoms with van der Waals surface area (Å²) in [5.74, 6) is 0.982. The van der Waals surface area contributed by atoms with Crippen molar-refractivity contribution in [3.63, 3.8) is 0 Å². The van der Waals surface area contributed by atoms with Crippen molar-refractivity contribution < 1.29 is 0 Å². The van der Waals surface area contributed by atoms with E-state index in [9.17, 15) is 0 Å². The maximum absolute atomic E-state index is 4.50. The normalized spacial score (nSPS) is 17.0. The highest BCUT2D eigenvalue weighted by atomic mass is 15.3. The Bertz CT molecular complexity index is 583. The van der Waals surface area contributed by atoms with Gasteiger partial charge >= 0.3 is 0 Å². The minimum absolute atomic E-state index is 0.333. The summed E-state index contributed by atoms with van der Waals surface area (Å²) in [7, 11) is 0. The van der Waals surface area contributed by atoms with E-state index in [1.165, 1.54) is 30.5 Å². The molecule has 1 N–H and O–H groups in total. The minimum Gasteiger partial charge on any atom is -0.310 e. The lowest BCUT2D eigenvalue weighted by atomic mass is 10.1. The summed E-state index contributed by atoms with van der Waals surface area (Å²) in [5, 5.41) is 8.10. The third-order valence-corrected chi connectivity index (χ3v) is 4.05. The molecule has 102 valence electrons. The van der Waals surface area contributed by atoms with Crippen LogP contribution < -0.4 is 5.32 Å². The summed E-state index contributed by atoms with van der Waals surface area (Å²) < 4.78 is 1.95. The van der Waals surface area contributed by atoms with Crippen molar-refractivity contribution >= 4 is 5.65 Å². The van der Waals surface area contributed by atoms with Crippen molar-refractivity contribution in [2.45, 2.75) is 46.1 Å². The van der Waals surface area contributed by atoms with Crippen LogP contribution >= 0.6 is 0 Å². The molecular formula is C15H22N4. The summed E-state index contributed by atoms with van der Waals surface area (Å²) >= 11 is 0. The van der Waals surface area contributed by atoms with Crippen LogP contribution in [-0.4, -0.2) is 21.1 Å². The van der Waals surface area contributed by atoms with E-state index in [2.05, 4.69) is 29.2 Å². The number of aryl methyl sites for hydroxylation is 2. The molecule has 4 heteroatoms. The molecule has 19 heavy (non-hydrogen) atoms. The van der Waals surface area contributed by atoms with E-state index in [1.54, 1.807) is 0 Å². The molecule has 2 heterocycles. The van der Waals surface area contributed by atoms with Crippen molar-refractivity contribution in [1.82, 2.24) is 19.9 Å². The van der Waals surface area contributed by atoms with E-state index in [0.717, 1.165) is 23.8 Å². The second-order valence-electron chi connectivity index (χ2n) is 5.76. The van der Waals surface area contributed by atoms with E-state index in [1.807, 2.05) is 23.7 Å². The molecule has 1 aliphatic rings. The molecule has 0 aliphatic heterocycles. The van der Waals surface area contributed by atoms with Crippen molar-refractivity contribution in [3.8, 4) is 0 Å². The molecule has 3 rings (SSSR count). The number of aromatic nitrogens is 3. The predicted molar refractivity (Wildman–Crippen MR) is 76.2 cm³/mol. The van der Waals surface area contributed by atoms with Gasteiger partial charge in [0.1, 0.15) is 0 Å². The highest BCUT2D eigenvalue weighted by Gasteiger charge is 2.21. The Morgan fingerprint density at radius 1 is 1.42 bits per heavy atom. The van der Waals surface area contributed by atoms with E-state index in [0.29, 0.717) is 6.04 Å². The van der Waals surface area contributed by atoms with Gasteiger partial charge in [-0.15, -0.1) is 0 Å². The number of nitrogens with one attached hydrogen (secondary N) is 1. The van der Waals surface area contributed by atoms with Crippen molar-refractivity contribution in [2.24, 2.45) is 5.92 Å². The molecule has 1 saturated carbocycles. The van der Waals surface area contributed by atoms with Gasteiger partial charge in [-0.25, -0.2) is 9.50 Å². The number of rotatable bonds is 5. The number of hydrogen-bond acceptors (Lipinski definition) is 3. The highest BCUT2D eigenvalue weighted by molar-refractivity contribution is 5.42. The van der Waals surface area contributed by atoms with Gasteiger partial charge < -0.3 is 5.32 Å². The Hall–Kier alpha value is -1.42. The first kappa shape index (κ1) is 12.6. The molecule has 1 aliphatic carbocycles. The lowest BCUT2D eigenvalue weighted by molar-refractivity contribution is 0.533. The Morgan fingerprint density at radius 3 is 2.95 bits per heavy atom. The maximum Gasteiger partial charge on any atom is 0.155 e. The van der Waals surface area contributed by atoms with Crippen LogP contribution in [0.4, 0.5) is 0 Å². The summed E-state index contributed by atoms with van der Waals surface area (Å²) in [6.07, 6.45) is 6.14. The minimum atomic E-state index is 0.333. The van der Waals surface area contributed by atoms with Crippen LogP contribution in [0.25, 0.3) is 5.65 Å². The standard InChI is InChI=1S/C15H22N4/c1-10-8-15-17-9-14(12(3)19(15)18-10)11(2)16-7-6-13-4-5-13/h8-9,11,13,16H,4-7H2,1-3H3. The quantitative estimate of drug-likeness (QED) is 0.896. The first-order valence-corrected chi connectivity index (χ1v) is 7.20. The van der Waals surface area contributed by atoms with Gasteiger partial charge in [0.05, 0.1) is 5.69 Å². The molecule has 0 aromatic carbocycles.